The second kappa shape index (κ2) is 5.42. The van der Waals surface area contributed by atoms with E-state index in [1.54, 1.807) is 0 Å². The van der Waals surface area contributed by atoms with Gasteiger partial charge in [-0.15, -0.1) is 12.4 Å². The maximum atomic E-state index is 12.9. The SMILES string of the molecule is Cl.NC1CCN(C(=O)c2cc(F)cc(F)c2)C1. The normalized spacial score (nSPS) is 19.0. The van der Waals surface area contributed by atoms with E-state index in [4.69, 9.17) is 5.73 Å². The van der Waals surface area contributed by atoms with Crippen molar-refractivity contribution in [3.05, 3.63) is 35.4 Å². The summed E-state index contributed by atoms with van der Waals surface area (Å²) >= 11 is 0. The van der Waals surface area contributed by atoms with Crippen LogP contribution in [0, 0.1) is 11.6 Å². The third-order valence-corrected chi connectivity index (χ3v) is 2.62. The van der Waals surface area contributed by atoms with Crippen LogP contribution >= 0.6 is 12.4 Å². The third-order valence-electron chi connectivity index (χ3n) is 2.62. The fraction of sp³-hybridized carbons (Fsp3) is 0.364. The Morgan fingerprint density at radius 1 is 1.29 bits per heavy atom. The van der Waals surface area contributed by atoms with Crippen LogP contribution in [-0.4, -0.2) is 29.9 Å². The first-order valence-corrected chi connectivity index (χ1v) is 5.07. The van der Waals surface area contributed by atoms with Gasteiger partial charge in [0.1, 0.15) is 11.6 Å². The second-order valence-corrected chi connectivity index (χ2v) is 3.96. The Hall–Kier alpha value is -1.20. The maximum Gasteiger partial charge on any atom is 0.254 e. The minimum atomic E-state index is -0.744. The summed E-state index contributed by atoms with van der Waals surface area (Å²) < 4.78 is 25.8. The fourth-order valence-corrected chi connectivity index (χ4v) is 1.83. The van der Waals surface area contributed by atoms with Gasteiger partial charge >= 0.3 is 0 Å². The van der Waals surface area contributed by atoms with Crippen LogP contribution in [0.3, 0.4) is 0 Å². The molecule has 1 amide bonds. The number of nitrogens with two attached hydrogens (primary N) is 1. The number of hydrogen-bond acceptors (Lipinski definition) is 2. The number of carbonyl (C=O) groups is 1. The van der Waals surface area contributed by atoms with E-state index in [1.165, 1.54) is 4.90 Å². The number of hydrogen-bond donors (Lipinski definition) is 1. The Kier molecular flexibility index (Phi) is 4.42. The topological polar surface area (TPSA) is 46.3 Å². The predicted octanol–water partition coefficient (Wildman–Crippen LogP) is 1.56. The molecular formula is C11H13ClF2N2O. The molecule has 1 unspecified atom stereocenters. The fourth-order valence-electron chi connectivity index (χ4n) is 1.83. The van der Waals surface area contributed by atoms with Gasteiger partial charge in [-0.1, -0.05) is 0 Å². The second-order valence-electron chi connectivity index (χ2n) is 3.96. The zero-order valence-corrected chi connectivity index (χ0v) is 9.84. The van der Waals surface area contributed by atoms with E-state index in [2.05, 4.69) is 0 Å². The molecule has 0 aliphatic carbocycles. The summed E-state index contributed by atoms with van der Waals surface area (Å²) in [5.41, 5.74) is 5.69. The third kappa shape index (κ3) is 3.14. The van der Waals surface area contributed by atoms with Crippen LogP contribution in [0.5, 0.6) is 0 Å². The van der Waals surface area contributed by atoms with Crippen LogP contribution in [0.2, 0.25) is 0 Å². The molecule has 0 radical (unpaired) electrons. The lowest BCUT2D eigenvalue weighted by Crippen LogP contribution is -2.32. The van der Waals surface area contributed by atoms with Crippen molar-refractivity contribution in [2.75, 3.05) is 13.1 Å². The first kappa shape index (κ1) is 13.9. The van der Waals surface area contributed by atoms with Crippen molar-refractivity contribution in [3.63, 3.8) is 0 Å². The van der Waals surface area contributed by atoms with Gasteiger partial charge in [-0.2, -0.15) is 0 Å². The molecule has 0 saturated carbocycles. The summed E-state index contributed by atoms with van der Waals surface area (Å²) in [6, 6.07) is 2.78. The highest BCUT2D eigenvalue weighted by atomic mass is 35.5. The van der Waals surface area contributed by atoms with Crippen molar-refractivity contribution >= 4 is 18.3 Å². The Morgan fingerprint density at radius 2 is 1.88 bits per heavy atom. The van der Waals surface area contributed by atoms with E-state index in [-0.39, 0.29) is 29.9 Å². The minimum absolute atomic E-state index is 0. The predicted molar refractivity (Wildman–Crippen MR) is 62.1 cm³/mol. The van der Waals surface area contributed by atoms with E-state index >= 15 is 0 Å². The number of benzene rings is 1. The maximum absolute atomic E-state index is 12.9. The molecule has 1 atom stereocenters. The highest BCUT2D eigenvalue weighted by molar-refractivity contribution is 5.94. The summed E-state index contributed by atoms with van der Waals surface area (Å²) in [6.07, 6.45) is 0.726. The number of halogens is 3. The van der Waals surface area contributed by atoms with Gasteiger partial charge < -0.3 is 10.6 Å². The van der Waals surface area contributed by atoms with Crippen molar-refractivity contribution in [1.82, 2.24) is 4.90 Å². The average Bonchev–Trinajstić information content (AvgIpc) is 2.62. The summed E-state index contributed by atoms with van der Waals surface area (Å²) in [6.45, 7) is 0.981. The highest BCUT2D eigenvalue weighted by Gasteiger charge is 2.24. The minimum Gasteiger partial charge on any atom is -0.337 e. The summed E-state index contributed by atoms with van der Waals surface area (Å²) in [4.78, 5) is 13.3. The van der Waals surface area contributed by atoms with E-state index in [0.29, 0.717) is 13.1 Å². The zero-order chi connectivity index (χ0) is 11.7. The zero-order valence-electron chi connectivity index (χ0n) is 9.03. The van der Waals surface area contributed by atoms with Gasteiger partial charge in [-0.05, 0) is 18.6 Å². The lowest BCUT2D eigenvalue weighted by Gasteiger charge is -2.15. The van der Waals surface area contributed by atoms with E-state index in [9.17, 15) is 13.6 Å². The summed E-state index contributed by atoms with van der Waals surface area (Å²) in [5, 5.41) is 0. The molecule has 2 N–H and O–H groups in total. The van der Waals surface area contributed by atoms with Gasteiger partial charge in [-0.3, -0.25) is 4.79 Å². The lowest BCUT2D eigenvalue weighted by molar-refractivity contribution is 0.0790. The van der Waals surface area contributed by atoms with Crippen LogP contribution in [0.25, 0.3) is 0 Å². The molecule has 6 heteroatoms. The van der Waals surface area contributed by atoms with Crippen LogP contribution in [0.4, 0.5) is 8.78 Å². The van der Waals surface area contributed by atoms with Gasteiger partial charge in [-0.25, -0.2) is 8.78 Å². The Bertz CT molecular complexity index is 408. The van der Waals surface area contributed by atoms with Crippen LogP contribution in [0.15, 0.2) is 18.2 Å². The summed E-state index contributed by atoms with van der Waals surface area (Å²) in [5.74, 6) is -1.86. The first-order valence-electron chi connectivity index (χ1n) is 5.07. The summed E-state index contributed by atoms with van der Waals surface area (Å²) in [7, 11) is 0. The first-order chi connectivity index (χ1) is 7.56. The molecule has 2 rings (SSSR count). The quantitative estimate of drug-likeness (QED) is 0.835. The Balaban J connectivity index is 0.00000144. The smallest absolute Gasteiger partial charge is 0.254 e. The van der Waals surface area contributed by atoms with Crippen molar-refractivity contribution in [3.8, 4) is 0 Å². The highest BCUT2D eigenvalue weighted by Crippen LogP contribution is 2.14. The van der Waals surface area contributed by atoms with Gasteiger partial charge in [0.15, 0.2) is 0 Å². The van der Waals surface area contributed by atoms with Crippen molar-refractivity contribution < 1.29 is 13.6 Å². The molecule has 17 heavy (non-hydrogen) atoms. The molecule has 1 aromatic carbocycles. The number of carbonyl (C=O) groups excluding carboxylic acids is 1. The number of amides is 1. The standard InChI is InChI=1S/C11H12F2N2O.ClH/c12-8-3-7(4-9(13)5-8)11(16)15-2-1-10(14)6-15;/h3-5,10H,1-2,6,14H2;1H. The molecule has 94 valence electrons. The van der Waals surface area contributed by atoms with Gasteiger partial charge in [0.05, 0.1) is 0 Å². The number of likely N-dealkylation sites (tertiary alicyclic amines) is 1. The molecule has 1 aliphatic rings. The molecule has 1 aliphatic heterocycles. The molecule has 1 saturated heterocycles. The van der Waals surface area contributed by atoms with Crippen molar-refractivity contribution in [1.29, 1.82) is 0 Å². The van der Waals surface area contributed by atoms with E-state index < -0.39 is 11.6 Å². The molecule has 0 spiro atoms. The molecule has 0 aromatic heterocycles. The monoisotopic (exact) mass is 262 g/mol. The lowest BCUT2D eigenvalue weighted by atomic mass is 10.2. The van der Waals surface area contributed by atoms with Gasteiger partial charge in [0.2, 0.25) is 0 Å². The molecule has 0 bridgehead atoms. The molecule has 1 aromatic rings. The Labute approximate surface area is 104 Å². The van der Waals surface area contributed by atoms with Gasteiger partial charge in [0.25, 0.3) is 5.91 Å². The van der Waals surface area contributed by atoms with Gasteiger partial charge in [0, 0.05) is 30.8 Å². The largest absolute Gasteiger partial charge is 0.337 e. The van der Waals surface area contributed by atoms with E-state index in [1.807, 2.05) is 0 Å². The van der Waals surface area contributed by atoms with Crippen LogP contribution in [0.1, 0.15) is 16.8 Å². The van der Waals surface area contributed by atoms with Crippen LogP contribution in [-0.2, 0) is 0 Å². The Morgan fingerprint density at radius 3 is 2.35 bits per heavy atom. The molecule has 3 nitrogen and oxygen atoms in total. The number of rotatable bonds is 1. The van der Waals surface area contributed by atoms with Crippen molar-refractivity contribution in [2.24, 2.45) is 5.73 Å². The number of nitrogens with zero attached hydrogens (tertiary/aromatic N) is 1. The molecule has 1 fully saturated rings. The van der Waals surface area contributed by atoms with E-state index in [0.717, 1.165) is 24.6 Å². The molecule has 1 heterocycles. The average molecular weight is 263 g/mol. The molecular weight excluding hydrogens is 250 g/mol. The van der Waals surface area contributed by atoms with Crippen molar-refractivity contribution in [2.45, 2.75) is 12.5 Å². The van der Waals surface area contributed by atoms with Crippen LogP contribution < -0.4 is 5.73 Å².